The number of carbonyl (C=O) groups is 2. The van der Waals surface area contributed by atoms with E-state index in [0.29, 0.717) is 11.5 Å². The second-order valence-corrected chi connectivity index (χ2v) is 11.2. The van der Waals surface area contributed by atoms with Gasteiger partial charge in [-0.2, -0.15) is 0 Å². The first kappa shape index (κ1) is 27.3. The van der Waals surface area contributed by atoms with Crippen molar-refractivity contribution in [3.8, 4) is 11.5 Å². The second kappa shape index (κ2) is 10.8. The van der Waals surface area contributed by atoms with Gasteiger partial charge in [-0.3, -0.25) is 9.59 Å². The molecule has 0 aliphatic rings. The van der Waals surface area contributed by atoms with Gasteiger partial charge in [0, 0.05) is 21.5 Å². The quantitative estimate of drug-likeness (QED) is 0.248. The van der Waals surface area contributed by atoms with Crippen LogP contribution in [-0.4, -0.2) is 35.3 Å². The van der Waals surface area contributed by atoms with Crippen molar-refractivity contribution in [1.82, 2.24) is 0 Å². The molecule has 6 heteroatoms. The van der Waals surface area contributed by atoms with Crippen molar-refractivity contribution in [2.45, 2.75) is 91.6 Å². The van der Waals surface area contributed by atoms with E-state index < -0.39 is 23.4 Å². The first-order chi connectivity index (χ1) is 16.7. The molecule has 0 aliphatic heterocycles. The molecule has 0 aliphatic carbocycles. The Kier molecular flexibility index (Phi) is 8.17. The fourth-order valence-corrected chi connectivity index (χ4v) is 4.02. The summed E-state index contributed by atoms with van der Waals surface area (Å²) < 4.78 is 23.7. The van der Waals surface area contributed by atoms with E-state index in [9.17, 15) is 9.59 Å². The molecular formula is C30H38O6. The van der Waals surface area contributed by atoms with Crippen LogP contribution >= 0.6 is 0 Å². The number of hydrogen-bond acceptors (Lipinski definition) is 6. The molecule has 0 spiro atoms. The zero-order valence-electron chi connectivity index (χ0n) is 22.6. The third-order valence-electron chi connectivity index (χ3n) is 5.22. The molecule has 0 bridgehead atoms. The summed E-state index contributed by atoms with van der Waals surface area (Å²) >= 11 is 0. The van der Waals surface area contributed by atoms with Crippen LogP contribution in [0.2, 0.25) is 0 Å². The SMILES string of the molecule is CC(CC(=O)OC(C)(C)C)Oc1c2ccccc2c(OC(C)CC(=O)OC(C)(C)C)c2ccccc12. The molecule has 0 saturated heterocycles. The number of carbonyl (C=O) groups excluding carboxylic acids is 2. The maximum atomic E-state index is 12.4. The van der Waals surface area contributed by atoms with Crippen molar-refractivity contribution in [3.63, 3.8) is 0 Å². The number of ether oxygens (including phenoxy) is 4. The van der Waals surface area contributed by atoms with E-state index in [2.05, 4.69) is 0 Å². The van der Waals surface area contributed by atoms with E-state index >= 15 is 0 Å². The highest BCUT2D eigenvalue weighted by atomic mass is 16.6. The molecule has 194 valence electrons. The number of rotatable bonds is 8. The fraction of sp³-hybridized carbons (Fsp3) is 0.467. The van der Waals surface area contributed by atoms with Gasteiger partial charge in [0.1, 0.15) is 34.9 Å². The van der Waals surface area contributed by atoms with Gasteiger partial charge in [-0.15, -0.1) is 0 Å². The zero-order valence-corrected chi connectivity index (χ0v) is 22.6. The Labute approximate surface area is 213 Å². The Bertz CT molecular complexity index is 1080. The van der Waals surface area contributed by atoms with E-state index in [4.69, 9.17) is 18.9 Å². The number of esters is 2. The molecule has 0 heterocycles. The zero-order chi connectivity index (χ0) is 26.7. The minimum Gasteiger partial charge on any atom is -0.489 e. The Morgan fingerprint density at radius 3 is 1.14 bits per heavy atom. The largest absolute Gasteiger partial charge is 0.489 e. The fourth-order valence-electron chi connectivity index (χ4n) is 4.02. The highest BCUT2D eigenvalue weighted by Gasteiger charge is 2.24. The molecule has 0 aromatic heterocycles. The average Bonchev–Trinajstić information content (AvgIpc) is 2.73. The van der Waals surface area contributed by atoms with Gasteiger partial charge in [0.2, 0.25) is 0 Å². The van der Waals surface area contributed by atoms with Gasteiger partial charge in [0.05, 0.1) is 12.8 Å². The molecule has 3 aromatic carbocycles. The van der Waals surface area contributed by atoms with Crippen molar-refractivity contribution < 1.29 is 28.5 Å². The predicted molar refractivity (Wildman–Crippen MR) is 143 cm³/mol. The molecule has 6 nitrogen and oxygen atoms in total. The monoisotopic (exact) mass is 494 g/mol. The molecule has 0 saturated carbocycles. The Morgan fingerprint density at radius 1 is 0.611 bits per heavy atom. The lowest BCUT2D eigenvalue weighted by Crippen LogP contribution is -2.27. The molecule has 3 aromatic rings. The number of hydrogen-bond donors (Lipinski definition) is 0. The topological polar surface area (TPSA) is 71.1 Å². The first-order valence-electron chi connectivity index (χ1n) is 12.4. The van der Waals surface area contributed by atoms with Crippen LogP contribution in [0.15, 0.2) is 48.5 Å². The Morgan fingerprint density at radius 2 is 0.889 bits per heavy atom. The van der Waals surface area contributed by atoms with Crippen LogP contribution in [0.1, 0.15) is 68.2 Å². The van der Waals surface area contributed by atoms with Crippen LogP contribution in [-0.2, 0) is 19.1 Å². The molecule has 0 radical (unpaired) electrons. The van der Waals surface area contributed by atoms with E-state index in [-0.39, 0.29) is 24.8 Å². The maximum absolute atomic E-state index is 12.4. The van der Waals surface area contributed by atoms with Gasteiger partial charge in [-0.1, -0.05) is 48.5 Å². The van der Waals surface area contributed by atoms with Gasteiger partial charge in [0.25, 0.3) is 0 Å². The lowest BCUT2D eigenvalue weighted by atomic mass is 10.00. The summed E-state index contributed by atoms with van der Waals surface area (Å²) in [6, 6.07) is 15.7. The summed E-state index contributed by atoms with van der Waals surface area (Å²) in [5.41, 5.74) is -1.10. The van der Waals surface area contributed by atoms with Gasteiger partial charge < -0.3 is 18.9 Å². The molecule has 2 atom stereocenters. The molecule has 3 rings (SSSR count). The first-order valence-corrected chi connectivity index (χ1v) is 12.4. The minimum atomic E-state index is -0.550. The summed E-state index contributed by atoms with van der Waals surface area (Å²) in [6.45, 7) is 14.8. The standard InChI is InChI=1S/C30H38O6/c1-19(17-25(31)35-29(3,4)5)33-27-21-13-9-11-15-23(21)28(24-16-12-10-14-22(24)27)34-20(2)18-26(32)36-30(6,7)8/h9-16,19-20H,17-18H2,1-8H3. The summed E-state index contributed by atoms with van der Waals surface area (Å²) in [5, 5.41) is 3.47. The average molecular weight is 495 g/mol. The maximum Gasteiger partial charge on any atom is 0.310 e. The van der Waals surface area contributed by atoms with Gasteiger partial charge in [0.15, 0.2) is 0 Å². The van der Waals surface area contributed by atoms with Crippen molar-refractivity contribution in [2.75, 3.05) is 0 Å². The van der Waals surface area contributed by atoms with Crippen molar-refractivity contribution in [1.29, 1.82) is 0 Å². The van der Waals surface area contributed by atoms with Crippen molar-refractivity contribution >= 4 is 33.5 Å². The molecular weight excluding hydrogens is 456 g/mol. The van der Waals surface area contributed by atoms with Crippen LogP contribution in [0, 0.1) is 0 Å². The van der Waals surface area contributed by atoms with E-state index in [1.807, 2.05) is 104 Å². The molecule has 0 amide bonds. The number of benzene rings is 3. The minimum absolute atomic E-state index is 0.130. The molecule has 0 N–H and O–H groups in total. The van der Waals surface area contributed by atoms with E-state index in [0.717, 1.165) is 21.5 Å². The lowest BCUT2D eigenvalue weighted by Gasteiger charge is -2.24. The number of fused-ring (bicyclic) bond motifs is 2. The normalized spacial score (nSPS) is 13.8. The molecule has 36 heavy (non-hydrogen) atoms. The van der Waals surface area contributed by atoms with Crippen molar-refractivity contribution in [3.05, 3.63) is 48.5 Å². The summed E-state index contributed by atoms with van der Waals surface area (Å²) in [4.78, 5) is 24.8. The third kappa shape index (κ3) is 7.36. The van der Waals surface area contributed by atoms with Gasteiger partial charge in [-0.25, -0.2) is 0 Å². The van der Waals surface area contributed by atoms with Crippen LogP contribution in [0.25, 0.3) is 21.5 Å². The van der Waals surface area contributed by atoms with Gasteiger partial charge >= 0.3 is 11.9 Å². The summed E-state index contributed by atoms with van der Waals surface area (Å²) in [6.07, 6.45) is -0.537. The van der Waals surface area contributed by atoms with Crippen LogP contribution in [0.5, 0.6) is 11.5 Å². The summed E-state index contributed by atoms with van der Waals surface area (Å²) in [5.74, 6) is 0.757. The second-order valence-electron chi connectivity index (χ2n) is 11.2. The van der Waals surface area contributed by atoms with Crippen LogP contribution in [0.3, 0.4) is 0 Å². The highest BCUT2D eigenvalue weighted by molar-refractivity contribution is 6.11. The van der Waals surface area contributed by atoms with E-state index in [1.54, 1.807) is 0 Å². The summed E-state index contributed by atoms with van der Waals surface area (Å²) in [7, 11) is 0. The molecule has 2 unspecified atom stereocenters. The van der Waals surface area contributed by atoms with E-state index in [1.165, 1.54) is 0 Å². The van der Waals surface area contributed by atoms with Gasteiger partial charge in [-0.05, 0) is 55.4 Å². The third-order valence-corrected chi connectivity index (χ3v) is 5.22. The smallest absolute Gasteiger partial charge is 0.310 e. The Balaban J connectivity index is 1.95. The predicted octanol–water partition coefficient (Wildman–Crippen LogP) is 6.99. The molecule has 0 fully saturated rings. The lowest BCUT2D eigenvalue weighted by molar-refractivity contribution is -0.157. The van der Waals surface area contributed by atoms with Crippen LogP contribution in [0.4, 0.5) is 0 Å². The Hall–Kier alpha value is -3.28. The highest BCUT2D eigenvalue weighted by Crippen LogP contribution is 2.43. The van der Waals surface area contributed by atoms with Crippen LogP contribution < -0.4 is 9.47 Å². The van der Waals surface area contributed by atoms with Crippen molar-refractivity contribution in [2.24, 2.45) is 0 Å².